The first kappa shape index (κ1) is 21.1. The Bertz CT molecular complexity index is 1250. The molecule has 1 atom stereocenters. The molecular formula is C21H20FN7O3. The number of aromatic nitrogens is 5. The molecule has 164 valence electrons. The van der Waals surface area contributed by atoms with Gasteiger partial charge in [-0.1, -0.05) is 12.1 Å². The fourth-order valence-electron chi connectivity index (χ4n) is 3.04. The average molecular weight is 437 g/mol. The Hall–Kier alpha value is -4.12. The number of hydrogen-bond acceptors (Lipinski definition) is 8. The summed E-state index contributed by atoms with van der Waals surface area (Å²) in [5.41, 5.74) is 1.98. The molecule has 0 aliphatic rings. The highest BCUT2D eigenvalue weighted by Gasteiger charge is 2.21. The highest BCUT2D eigenvalue weighted by molar-refractivity contribution is 5.90. The maximum Gasteiger partial charge on any atom is 0.307 e. The summed E-state index contributed by atoms with van der Waals surface area (Å²) >= 11 is 0. The van der Waals surface area contributed by atoms with E-state index in [4.69, 9.17) is 4.42 Å². The van der Waals surface area contributed by atoms with E-state index in [2.05, 4.69) is 30.7 Å². The van der Waals surface area contributed by atoms with Gasteiger partial charge in [0, 0.05) is 19.3 Å². The quantitative estimate of drug-likeness (QED) is 0.402. The molecule has 3 aromatic heterocycles. The second-order valence-corrected chi connectivity index (χ2v) is 6.99. The van der Waals surface area contributed by atoms with E-state index in [0.717, 1.165) is 5.56 Å². The number of carbonyl (C=O) groups is 1. The molecule has 0 saturated carbocycles. The van der Waals surface area contributed by atoms with Gasteiger partial charge in [0.1, 0.15) is 29.3 Å². The summed E-state index contributed by atoms with van der Waals surface area (Å²) < 4.78 is 20.4. The van der Waals surface area contributed by atoms with Gasteiger partial charge in [-0.15, -0.1) is 0 Å². The molecule has 4 aromatic rings. The standard InChI is InChI=1S/C21H20FN7O3/c1-12-9-23-21(27-17-6-7-24-29(17)2)28-18(12)16-11-32-20(26-16)19(31)25-15(10-30)13-4-3-5-14(22)8-13/h3-9,11,15,30H,10H2,1-2H3,(H,25,31)(H,23,27,28)/t15-/m1/s1. The first-order chi connectivity index (χ1) is 15.4. The van der Waals surface area contributed by atoms with Gasteiger partial charge in [-0.2, -0.15) is 5.10 Å². The molecular weight excluding hydrogens is 417 g/mol. The van der Waals surface area contributed by atoms with Crippen LogP contribution in [0.5, 0.6) is 0 Å². The summed E-state index contributed by atoms with van der Waals surface area (Å²) in [4.78, 5) is 25.5. The maximum atomic E-state index is 13.5. The van der Waals surface area contributed by atoms with Gasteiger partial charge in [0.15, 0.2) is 0 Å². The highest BCUT2D eigenvalue weighted by atomic mass is 19.1. The number of nitrogens with one attached hydrogen (secondary N) is 2. The predicted octanol–water partition coefficient (Wildman–Crippen LogP) is 2.52. The molecule has 4 rings (SSSR count). The summed E-state index contributed by atoms with van der Waals surface area (Å²) in [7, 11) is 1.78. The van der Waals surface area contributed by atoms with Crippen LogP contribution in [-0.2, 0) is 7.05 Å². The van der Waals surface area contributed by atoms with E-state index in [9.17, 15) is 14.3 Å². The molecule has 3 N–H and O–H groups in total. The molecule has 1 amide bonds. The Morgan fingerprint density at radius 1 is 1.31 bits per heavy atom. The minimum absolute atomic E-state index is 0.214. The van der Waals surface area contributed by atoms with Gasteiger partial charge in [-0.25, -0.2) is 19.3 Å². The van der Waals surface area contributed by atoms with Crippen LogP contribution in [0, 0.1) is 12.7 Å². The van der Waals surface area contributed by atoms with Crippen molar-refractivity contribution in [1.82, 2.24) is 30.0 Å². The number of anilines is 2. The SMILES string of the molecule is Cc1cnc(Nc2ccnn2C)nc1-c1coc(C(=O)N[C@H](CO)c2cccc(F)c2)n1. The van der Waals surface area contributed by atoms with Crippen LogP contribution in [0.2, 0.25) is 0 Å². The zero-order valence-corrected chi connectivity index (χ0v) is 17.3. The van der Waals surface area contributed by atoms with Gasteiger partial charge < -0.3 is 20.2 Å². The minimum Gasteiger partial charge on any atom is -0.440 e. The zero-order valence-electron chi connectivity index (χ0n) is 17.3. The summed E-state index contributed by atoms with van der Waals surface area (Å²) in [6.45, 7) is 1.39. The number of hydrogen-bond donors (Lipinski definition) is 3. The van der Waals surface area contributed by atoms with Gasteiger partial charge >= 0.3 is 5.91 Å². The number of aliphatic hydroxyl groups excluding tert-OH is 1. The second-order valence-electron chi connectivity index (χ2n) is 6.99. The third kappa shape index (κ3) is 4.47. The average Bonchev–Trinajstić information content (AvgIpc) is 3.43. The number of aryl methyl sites for hydroxylation is 2. The second kappa shape index (κ2) is 8.94. The summed E-state index contributed by atoms with van der Waals surface area (Å²) in [5.74, 6) is -0.307. The number of benzene rings is 1. The summed E-state index contributed by atoms with van der Waals surface area (Å²) in [6, 6.07) is 6.58. The van der Waals surface area contributed by atoms with Gasteiger partial charge in [-0.05, 0) is 30.2 Å². The van der Waals surface area contributed by atoms with Crippen molar-refractivity contribution in [2.24, 2.45) is 7.05 Å². The molecule has 0 aliphatic heterocycles. The van der Waals surface area contributed by atoms with Gasteiger partial charge in [-0.3, -0.25) is 9.48 Å². The minimum atomic E-state index is -0.816. The van der Waals surface area contributed by atoms with E-state index >= 15 is 0 Å². The van der Waals surface area contributed by atoms with Crippen molar-refractivity contribution in [3.63, 3.8) is 0 Å². The van der Waals surface area contributed by atoms with Crippen LogP contribution in [0.4, 0.5) is 16.2 Å². The molecule has 10 nitrogen and oxygen atoms in total. The third-order valence-electron chi connectivity index (χ3n) is 4.71. The van der Waals surface area contributed by atoms with E-state index in [-0.39, 0.29) is 5.89 Å². The largest absolute Gasteiger partial charge is 0.440 e. The number of rotatable bonds is 7. The lowest BCUT2D eigenvalue weighted by atomic mass is 10.1. The Morgan fingerprint density at radius 3 is 2.88 bits per heavy atom. The molecule has 0 bridgehead atoms. The maximum absolute atomic E-state index is 13.5. The number of carbonyl (C=O) groups excluding carboxylic acids is 1. The van der Waals surface area contributed by atoms with Gasteiger partial charge in [0.25, 0.3) is 5.89 Å². The molecule has 0 unspecified atom stereocenters. The lowest BCUT2D eigenvalue weighted by molar-refractivity contribution is 0.0881. The van der Waals surface area contributed by atoms with Crippen molar-refractivity contribution in [1.29, 1.82) is 0 Å². The van der Waals surface area contributed by atoms with Crippen LogP contribution < -0.4 is 10.6 Å². The van der Waals surface area contributed by atoms with Crippen molar-refractivity contribution < 1.29 is 18.7 Å². The van der Waals surface area contributed by atoms with Crippen molar-refractivity contribution in [3.05, 3.63) is 71.8 Å². The normalized spacial score (nSPS) is 11.9. The van der Waals surface area contributed by atoms with Gasteiger partial charge in [0.2, 0.25) is 5.95 Å². The van der Waals surface area contributed by atoms with E-state index in [1.807, 2.05) is 6.92 Å². The molecule has 0 aliphatic carbocycles. The Labute approximate surface area is 182 Å². The lowest BCUT2D eigenvalue weighted by Crippen LogP contribution is -2.31. The van der Waals surface area contributed by atoms with Crippen LogP contribution in [0.25, 0.3) is 11.4 Å². The van der Waals surface area contributed by atoms with Crippen LogP contribution in [0.15, 0.2) is 53.4 Å². The fraction of sp³-hybridized carbons (Fsp3) is 0.190. The number of nitrogens with zero attached hydrogens (tertiary/aromatic N) is 5. The van der Waals surface area contributed by atoms with Gasteiger partial charge in [0.05, 0.1) is 18.8 Å². The summed E-state index contributed by atoms with van der Waals surface area (Å²) in [5, 5.41) is 19.3. The number of aliphatic hydroxyl groups is 1. The first-order valence-electron chi connectivity index (χ1n) is 9.66. The van der Waals surface area contributed by atoms with E-state index < -0.39 is 24.4 Å². The number of halogens is 1. The summed E-state index contributed by atoms with van der Waals surface area (Å²) in [6.07, 6.45) is 4.58. The Balaban J connectivity index is 1.53. The Kier molecular flexibility index (Phi) is 5.90. The molecule has 0 radical (unpaired) electrons. The molecule has 3 heterocycles. The first-order valence-corrected chi connectivity index (χ1v) is 9.66. The molecule has 0 spiro atoms. The molecule has 11 heteroatoms. The van der Waals surface area contributed by atoms with Crippen LogP contribution in [-0.4, -0.2) is 42.4 Å². The Morgan fingerprint density at radius 2 is 2.16 bits per heavy atom. The van der Waals surface area contributed by atoms with E-state index in [1.54, 1.807) is 36.3 Å². The number of amides is 1. The van der Waals surface area contributed by atoms with Crippen LogP contribution in [0.1, 0.15) is 27.9 Å². The molecule has 32 heavy (non-hydrogen) atoms. The van der Waals surface area contributed by atoms with Crippen molar-refractivity contribution >= 4 is 17.7 Å². The third-order valence-corrected chi connectivity index (χ3v) is 4.71. The molecule has 1 aromatic carbocycles. The molecule has 0 saturated heterocycles. The van der Waals surface area contributed by atoms with Crippen molar-refractivity contribution in [2.75, 3.05) is 11.9 Å². The number of oxazole rings is 1. The van der Waals surface area contributed by atoms with E-state index in [1.165, 1.54) is 24.5 Å². The van der Waals surface area contributed by atoms with Crippen LogP contribution >= 0.6 is 0 Å². The zero-order chi connectivity index (χ0) is 22.7. The van der Waals surface area contributed by atoms with E-state index in [0.29, 0.717) is 28.7 Å². The highest BCUT2D eigenvalue weighted by Crippen LogP contribution is 2.23. The smallest absolute Gasteiger partial charge is 0.307 e. The lowest BCUT2D eigenvalue weighted by Gasteiger charge is -2.15. The fourth-order valence-corrected chi connectivity index (χ4v) is 3.04. The topological polar surface area (TPSA) is 131 Å². The monoisotopic (exact) mass is 437 g/mol. The van der Waals surface area contributed by atoms with Crippen molar-refractivity contribution in [2.45, 2.75) is 13.0 Å². The predicted molar refractivity (Wildman–Crippen MR) is 112 cm³/mol. The van der Waals surface area contributed by atoms with Crippen LogP contribution in [0.3, 0.4) is 0 Å². The van der Waals surface area contributed by atoms with Crippen molar-refractivity contribution in [3.8, 4) is 11.4 Å². The molecule has 0 fully saturated rings.